The molecule has 0 saturated heterocycles. The summed E-state index contributed by atoms with van der Waals surface area (Å²) in [6.07, 6.45) is 3.03. The van der Waals surface area contributed by atoms with Crippen LogP contribution in [-0.2, 0) is 5.60 Å². The van der Waals surface area contributed by atoms with Gasteiger partial charge < -0.3 is 10.4 Å². The Labute approximate surface area is 142 Å². The van der Waals surface area contributed by atoms with Crippen molar-refractivity contribution < 1.29 is 5.11 Å². The molecule has 0 atom stereocenters. The maximum absolute atomic E-state index is 10.9. The number of aliphatic hydroxyl groups is 1. The summed E-state index contributed by atoms with van der Waals surface area (Å²) in [7, 11) is 0. The van der Waals surface area contributed by atoms with Gasteiger partial charge >= 0.3 is 0 Å². The van der Waals surface area contributed by atoms with Gasteiger partial charge in [0.1, 0.15) is 11.6 Å². The fraction of sp³-hybridized carbons (Fsp3) is 0.421. The molecule has 0 radical (unpaired) electrons. The Balaban J connectivity index is 1.71. The fourth-order valence-electron chi connectivity index (χ4n) is 3.32. The molecular formula is C19H22N4O. The predicted molar refractivity (Wildman–Crippen MR) is 92.4 cm³/mol. The van der Waals surface area contributed by atoms with Crippen molar-refractivity contribution in [3.8, 4) is 6.07 Å². The molecule has 24 heavy (non-hydrogen) atoms. The quantitative estimate of drug-likeness (QED) is 0.907. The van der Waals surface area contributed by atoms with Gasteiger partial charge in [-0.2, -0.15) is 10.4 Å². The highest BCUT2D eigenvalue weighted by molar-refractivity contribution is 5.56. The number of nitrogens with zero attached hydrogens (tertiary/aromatic N) is 3. The van der Waals surface area contributed by atoms with Crippen molar-refractivity contribution in [2.45, 2.75) is 51.2 Å². The summed E-state index contributed by atoms with van der Waals surface area (Å²) in [6.45, 7) is 3.75. The first kappa shape index (κ1) is 16.4. The van der Waals surface area contributed by atoms with E-state index in [4.69, 9.17) is 0 Å². The molecule has 0 unspecified atom stereocenters. The van der Waals surface area contributed by atoms with Gasteiger partial charge in [-0.05, 0) is 50.7 Å². The Kier molecular flexibility index (Phi) is 4.50. The van der Waals surface area contributed by atoms with Crippen molar-refractivity contribution in [3.05, 3.63) is 52.7 Å². The minimum Gasteiger partial charge on any atom is -0.385 e. The summed E-state index contributed by atoms with van der Waals surface area (Å²) in [5, 5.41) is 31.9. The molecule has 1 fully saturated rings. The zero-order valence-electron chi connectivity index (χ0n) is 14.1. The third-order valence-electron chi connectivity index (χ3n) is 5.03. The molecule has 2 N–H and O–H groups in total. The Morgan fingerprint density at radius 2 is 1.83 bits per heavy atom. The van der Waals surface area contributed by atoms with Gasteiger partial charge in [-0.1, -0.05) is 30.3 Å². The van der Waals surface area contributed by atoms with E-state index in [9.17, 15) is 10.4 Å². The lowest BCUT2D eigenvalue weighted by Crippen LogP contribution is -2.36. The molecule has 0 aliphatic heterocycles. The number of hydrogen-bond acceptors (Lipinski definition) is 5. The molecular weight excluding hydrogens is 300 g/mol. The molecule has 124 valence electrons. The lowest BCUT2D eigenvalue weighted by molar-refractivity contribution is -0.00334. The van der Waals surface area contributed by atoms with Crippen molar-refractivity contribution in [2.75, 3.05) is 5.32 Å². The SMILES string of the molecule is Cc1nnc(NC2CCC(O)(c3ccccc3)CC2)c(C#N)c1C. The zero-order chi connectivity index (χ0) is 17.2. The molecule has 1 saturated carbocycles. The summed E-state index contributed by atoms with van der Waals surface area (Å²) in [5.74, 6) is 0.552. The van der Waals surface area contributed by atoms with Crippen LogP contribution in [0.3, 0.4) is 0 Å². The smallest absolute Gasteiger partial charge is 0.167 e. The summed E-state index contributed by atoms with van der Waals surface area (Å²) < 4.78 is 0. The van der Waals surface area contributed by atoms with Gasteiger partial charge in [0.05, 0.1) is 11.3 Å². The standard InChI is InChI=1S/C19H22N4O/c1-13-14(2)22-23-18(17(13)12-20)21-16-8-10-19(24,11-9-16)15-6-4-3-5-7-15/h3-7,16,24H,8-11H2,1-2H3,(H,21,23). The molecule has 1 heterocycles. The molecule has 1 aromatic heterocycles. The lowest BCUT2D eigenvalue weighted by atomic mass is 9.78. The highest BCUT2D eigenvalue weighted by atomic mass is 16.3. The van der Waals surface area contributed by atoms with Crippen LogP contribution < -0.4 is 5.32 Å². The van der Waals surface area contributed by atoms with Gasteiger partial charge in [-0.3, -0.25) is 0 Å². The largest absolute Gasteiger partial charge is 0.385 e. The molecule has 0 bridgehead atoms. The average molecular weight is 322 g/mol. The molecule has 0 amide bonds. The van der Waals surface area contributed by atoms with Gasteiger partial charge in [0, 0.05) is 6.04 Å². The third kappa shape index (κ3) is 3.10. The first-order chi connectivity index (χ1) is 11.5. The normalized spacial score (nSPS) is 23.5. The molecule has 1 aliphatic carbocycles. The van der Waals surface area contributed by atoms with Crippen LogP contribution in [0.2, 0.25) is 0 Å². The van der Waals surface area contributed by atoms with Crippen LogP contribution in [0.15, 0.2) is 30.3 Å². The summed E-state index contributed by atoms with van der Waals surface area (Å²) in [6, 6.07) is 12.3. The van der Waals surface area contributed by atoms with Gasteiger partial charge in [-0.15, -0.1) is 5.10 Å². The van der Waals surface area contributed by atoms with Crippen LogP contribution in [0.4, 0.5) is 5.82 Å². The van der Waals surface area contributed by atoms with Crippen LogP contribution in [0.5, 0.6) is 0 Å². The third-order valence-corrected chi connectivity index (χ3v) is 5.03. The number of nitrogens with one attached hydrogen (secondary N) is 1. The molecule has 2 aromatic rings. The van der Waals surface area contributed by atoms with E-state index >= 15 is 0 Å². The maximum atomic E-state index is 10.9. The average Bonchev–Trinajstić information content (AvgIpc) is 2.61. The van der Waals surface area contributed by atoms with Gasteiger partial charge in [-0.25, -0.2) is 0 Å². The van der Waals surface area contributed by atoms with Gasteiger partial charge in [0.2, 0.25) is 0 Å². The molecule has 5 heteroatoms. The van der Waals surface area contributed by atoms with Crippen molar-refractivity contribution >= 4 is 5.82 Å². The van der Waals surface area contributed by atoms with Crippen molar-refractivity contribution in [1.29, 1.82) is 5.26 Å². The molecule has 0 spiro atoms. The van der Waals surface area contributed by atoms with Crippen molar-refractivity contribution in [1.82, 2.24) is 10.2 Å². The van der Waals surface area contributed by atoms with E-state index in [0.29, 0.717) is 24.2 Å². The number of rotatable bonds is 3. The molecule has 1 aliphatic rings. The fourth-order valence-corrected chi connectivity index (χ4v) is 3.32. The van der Waals surface area contributed by atoms with Crippen LogP contribution in [0.1, 0.15) is 48.1 Å². The highest BCUT2D eigenvalue weighted by Crippen LogP contribution is 2.38. The van der Waals surface area contributed by atoms with Crippen molar-refractivity contribution in [3.63, 3.8) is 0 Å². The molecule has 1 aromatic carbocycles. The number of nitriles is 1. The van der Waals surface area contributed by atoms with E-state index in [2.05, 4.69) is 21.6 Å². The molecule has 3 rings (SSSR count). The second-order valence-electron chi connectivity index (χ2n) is 6.56. The first-order valence-electron chi connectivity index (χ1n) is 8.32. The van der Waals surface area contributed by atoms with E-state index < -0.39 is 5.60 Å². The van der Waals surface area contributed by atoms with Crippen LogP contribution >= 0.6 is 0 Å². The minimum atomic E-state index is -0.758. The van der Waals surface area contributed by atoms with E-state index in [0.717, 1.165) is 29.7 Å². The van der Waals surface area contributed by atoms with Crippen LogP contribution in [0.25, 0.3) is 0 Å². The van der Waals surface area contributed by atoms with Crippen LogP contribution in [0, 0.1) is 25.2 Å². The van der Waals surface area contributed by atoms with Crippen molar-refractivity contribution in [2.24, 2.45) is 0 Å². The number of anilines is 1. The van der Waals surface area contributed by atoms with E-state index in [1.807, 2.05) is 44.2 Å². The number of aromatic nitrogens is 2. The minimum absolute atomic E-state index is 0.192. The van der Waals surface area contributed by atoms with Gasteiger partial charge in [0.15, 0.2) is 5.82 Å². The van der Waals surface area contributed by atoms with E-state index in [1.165, 1.54) is 0 Å². The summed E-state index contributed by atoms with van der Waals surface area (Å²) in [5.41, 5.74) is 2.43. The lowest BCUT2D eigenvalue weighted by Gasteiger charge is -2.37. The topological polar surface area (TPSA) is 81.8 Å². The summed E-state index contributed by atoms with van der Waals surface area (Å²) >= 11 is 0. The predicted octanol–water partition coefficient (Wildman–Crippen LogP) is 3.21. The Morgan fingerprint density at radius 3 is 2.46 bits per heavy atom. The Bertz CT molecular complexity index is 759. The highest BCUT2D eigenvalue weighted by Gasteiger charge is 2.35. The Morgan fingerprint density at radius 1 is 1.17 bits per heavy atom. The number of hydrogen-bond donors (Lipinski definition) is 2. The van der Waals surface area contributed by atoms with Crippen LogP contribution in [-0.4, -0.2) is 21.3 Å². The Hall–Kier alpha value is -2.45. The zero-order valence-corrected chi connectivity index (χ0v) is 14.1. The number of aryl methyl sites for hydroxylation is 1. The molecule has 5 nitrogen and oxygen atoms in total. The maximum Gasteiger partial charge on any atom is 0.167 e. The van der Waals surface area contributed by atoms with Gasteiger partial charge in [0.25, 0.3) is 0 Å². The van der Waals surface area contributed by atoms with E-state index in [1.54, 1.807) is 0 Å². The first-order valence-corrected chi connectivity index (χ1v) is 8.32. The number of benzene rings is 1. The second-order valence-corrected chi connectivity index (χ2v) is 6.56. The summed E-state index contributed by atoms with van der Waals surface area (Å²) in [4.78, 5) is 0. The second kappa shape index (κ2) is 6.58. The van der Waals surface area contributed by atoms with E-state index in [-0.39, 0.29) is 6.04 Å². The monoisotopic (exact) mass is 322 g/mol.